The molecule has 0 atom stereocenters. The molecule has 0 aromatic heterocycles. The molecular weight excluding hydrogens is 295 g/mol. The van der Waals surface area contributed by atoms with Crippen LogP contribution in [0.15, 0.2) is 48.5 Å². The summed E-state index contributed by atoms with van der Waals surface area (Å²) in [7, 11) is -3.22. The molecule has 2 aromatic carbocycles. The fourth-order valence-corrected chi connectivity index (χ4v) is 3.47. The molecule has 0 amide bonds. The molecule has 0 spiro atoms. The molecule has 0 heterocycles. The summed E-state index contributed by atoms with van der Waals surface area (Å²) in [5.41, 5.74) is 2.06. The van der Waals surface area contributed by atoms with Crippen LogP contribution < -0.4 is 9.05 Å². The number of rotatable bonds is 7. The Labute approximate surface area is 132 Å². The van der Waals surface area contributed by atoms with Gasteiger partial charge in [-0.1, -0.05) is 57.2 Å². The Kier molecular flexibility index (Phi) is 5.68. The second-order valence-corrected chi connectivity index (χ2v) is 7.25. The highest BCUT2D eigenvalue weighted by molar-refractivity contribution is 7.54. The summed E-state index contributed by atoms with van der Waals surface area (Å²) in [6.45, 7) is 5.92. The third kappa shape index (κ3) is 3.92. The Bertz CT molecular complexity index is 613. The van der Waals surface area contributed by atoms with E-state index >= 15 is 0 Å². The van der Waals surface area contributed by atoms with Gasteiger partial charge in [0.15, 0.2) is 0 Å². The van der Waals surface area contributed by atoms with E-state index in [0.29, 0.717) is 17.7 Å². The summed E-state index contributed by atoms with van der Waals surface area (Å²) in [5, 5.41) is 0. The minimum absolute atomic E-state index is 0.323. The average Bonchev–Trinajstić information content (AvgIpc) is 2.56. The zero-order valence-electron chi connectivity index (χ0n) is 13.4. The molecule has 0 aliphatic carbocycles. The fraction of sp³-hybridized carbons (Fsp3) is 0.333. The summed E-state index contributed by atoms with van der Waals surface area (Å²) < 4.78 is 24.6. The van der Waals surface area contributed by atoms with Crippen LogP contribution in [0.25, 0.3) is 0 Å². The van der Waals surface area contributed by atoms with E-state index in [-0.39, 0.29) is 0 Å². The highest BCUT2D eigenvalue weighted by Gasteiger charge is 2.27. The normalized spacial score (nSPS) is 11.2. The molecule has 0 fully saturated rings. The van der Waals surface area contributed by atoms with Crippen molar-refractivity contribution < 1.29 is 13.6 Å². The van der Waals surface area contributed by atoms with E-state index in [4.69, 9.17) is 9.05 Å². The van der Waals surface area contributed by atoms with Gasteiger partial charge in [0.1, 0.15) is 11.5 Å². The van der Waals surface area contributed by atoms with Gasteiger partial charge in [-0.05, 0) is 36.1 Å². The van der Waals surface area contributed by atoms with Gasteiger partial charge in [0, 0.05) is 0 Å². The van der Waals surface area contributed by atoms with Crippen molar-refractivity contribution in [3.05, 3.63) is 59.7 Å². The molecule has 22 heavy (non-hydrogen) atoms. The highest BCUT2D eigenvalue weighted by atomic mass is 31.2. The van der Waals surface area contributed by atoms with Gasteiger partial charge < -0.3 is 9.05 Å². The average molecular weight is 318 g/mol. The lowest BCUT2D eigenvalue weighted by molar-refractivity contribution is 0.384. The highest BCUT2D eigenvalue weighted by Crippen LogP contribution is 2.49. The molecule has 0 unspecified atom stereocenters. The third-order valence-corrected chi connectivity index (χ3v) is 5.29. The van der Waals surface area contributed by atoms with E-state index < -0.39 is 7.60 Å². The van der Waals surface area contributed by atoms with Gasteiger partial charge >= 0.3 is 7.60 Å². The van der Waals surface area contributed by atoms with E-state index in [1.165, 1.54) is 0 Å². The second kappa shape index (κ2) is 7.51. The van der Waals surface area contributed by atoms with Gasteiger partial charge in [0.2, 0.25) is 0 Å². The van der Waals surface area contributed by atoms with Gasteiger partial charge in [0.05, 0.1) is 6.16 Å². The zero-order valence-corrected chi connectivity index (χ0v) is 14.3. The van der Waals surface area contributed by atoms with Gasteiger partial charge in [0.25, 0.3) is 0 Å². The van der Waals surface area contributed by atoms with Gasteiger partial charge in [-0.2, -0.15) is 0 Å². The minimum atomic E-state index is -3.22. The smallest absolute Gasteiger partial charge is 0.416 e. The standard InChI is InChI=1S/C18H23O3P/c1-4-15-11-7-9-13-17(15)20-22(19,6-3)21-18-14-10-8-12-16(18)5-2/h7-14H,4-6H2,1-3H3. The van der Waals surface area contributed by atoms with Crippen molar-refractivity contribution in [3.8, 4) is 11.5 Å². The van der Waals surface area contributed by atoms with Crippen LogP contribution in [-0.2, 0) is 17.4 Å². The van der Waals surface area contributed by atoms with Crippen molar-refractivity contribution in [1.82, 2.24) is 0 Å². The lowest BCUT2D eigenvalue weighted by Crippen LogP contribution is -2.05. The summed E-state index contributed by atoms with van der Waals surface area (Å²) in [6, 6.07) is 15.3. The van der Waals surface area contributed by atoms with Crippen molar-refractivity contribution in [2.24, 2.45) is 0 Å². The molecule has 0 N–H and O–H groups in total. The summed E-state index contributed by atoms with van der Waals surface area (Å²) >= 11 is 0. The largest absolute Gasteiger partial charge is 0.430 e. The first kappa shape index (κ1) is 16.6. The number of hydrogen-bond donors (Lipinski definition) is 0. The van der Waals surface area contributed by atoms with Crippen molar-refractivity contribution >= 4 is 7.60 Å². The van der Waals surface area contributed by atoms with Crippen molar-refractivity contribution in [2.75, 3.05) is 6.16 Å². The lowest BCUT2D eigenvalue weighted by Gasteiger charge is -2.21. The van der Waals surface area contributed by atoms with Gasteiger partial charge in [-0.15, -0.1) is 0 Å². The third-order valence-electron chi connectivity index (χ3n) is 3.57. The van der Waals surface area contributed by atoms with E-state index in [0.717, 1.165) is 24.0 Å². The van der Waals surface area contributed by atoms with Crippen LogP contribution in [0, 0.1) is 0 Å². The fourth-order valence-electron chi connectivity index (χ4n) is 2.22. The Morgan fingerprint density at radius 1 is 0.773 bits per heavy atom. The maximum Gasteiger partial charge on any atom is 0.430 e. The molecule has 118 valence electrons. The Balaban J connectivity index is 2.27. The maximum absolute atomic E-state index is 13.0. The van der Waals surface area contributed by atoms with Crippen LogP contribution in [0.4, 0.5) is 0 Å². The predicted octanol–water partition coefficient (Wildman–Crippen LogP) is 5.48. The minimum Gasteiger partial charge on any atom is -0.416 e. The Morgan fingerprint density at radius 3 is 1.55 bits per heavy atom. The SMILES string of the molecule is CCc1ccccc1OP(=O)(CC)Oc1ccccc1CC. The molecule has 0 aliphatic rings. The number of benzene rings is 2. The zero-order chi connectivity index (χ0) is 16.0. The van der Waals surface area contributed by atoms with E-state index in [2.05, 4.69) is 0 Å². The van der Waals surface area contributed by atoms with Crippen LogP contribution in [0.5, 0.6) is 11.5 Å². The number of hydrogen-bond acceptors (Lipinski definition) is 3. The molecule has 0 radical (unpaired) electrons. The van der Waals surface area contributed by atoms with Crippen molar-refractivity contribution in [3.63, 3.8) is 0 Å². The number of para-hydroxylation sites is 2. The summed E-state index contributed by atoms with van der Waals surface area (Å²) in [6.07, 6.45) is 1.97. The van der Waals surface area contributed by atoms with Crippen LogP contribution in [0.1, 0.15) is 31.9 Å². The second-order valence-electron chi connectivity index (χ2n) is 5.03. The molecule has 0 aliphatic heterocycles. The molecule has 0 saturated carbocycles. The van der Waals surface area contributed by atoms with E-state index in [1.807, 2.05) is 69.3 Å². The van der Waals surface area contributed by atoms with Crippen LogP contribution >= 0.6 is 7.60 Å². The summed E-state index contributed by atoms with van der Waals surface area (Å²) in [4.78, 5) is 0. The molecule has 4 heteroatoms. The first-order valence-corrected chi connectivity index (χ1v) is 9.48. The molecule has 3 nitrogen and oxygen atoms in total. The van der Waals surface area contributed by atoms with Gasteiger partial charge in [-0.25, -0.2) is 4.57 Å². The van der Waals surface area contributed by atoms with Crippen LogP contribution in [-0.4, -0.2) is 6.16 Å². The van der Waals surface area contributed by atoms with E-state index in [1.54, 1.807) is 0 Å². The maximum atomic E-state index is 13.0. The first-order chi connectivity index (χ1) is 10.6. The molecule has 0 saturated heterocycles. The lowest BCUT2D eigenvalue weighted by atomic mass is 10.1. The molecule has 0 bridgehead atoms. The monoisotopic (exact) mass is 318 g/mol. The van der Waals surface area contributed by atoms with Crippen LogP contribution in [0.2, 0.25) is 0 Å². The molecule has 2 aromatic rings. The first-order valence-electron chi connectivity index (χ1n) is 7.76. The quantitative estimate of drug-likeness (QED) is 0.634. The van der Waals surface area contributed by atoms with E-state index in [9.17, 15) is 4.57 Å². The Morgan fingerprint density at radius 2 is 1.18 bits per heavy atom. The predicted molar refractivity (Wildman–Crippen MR) is 91.0 cm³/mol. The topological polar surface area (TPSA) is 35.5 Å². The molecular formula is C18H23O3P. The van der Waals surface area contributed by atoms with Crippen LogP contribution in [0.3, 0.4) is 0 Å². The van der Waals surface area contributed by atoms with Crippen molar-refractivity contribution in [1.29, 1.82) is 0 Å². The Hall–Kier alpha value is -1.73. The molecule has 2 rings (SSSR count). The van der Waals surface area contributed by atoms with Crippen molar-refractivity contribution in [2.45, 2.75) is 33.6 Å². The summed E-state index contributed by atoms with van der Waals surface area (Å²) in [5.74, 6) is 1.29. The number of aryl methyl sites for hydroxylation is 2. The van der Waals surface area contributed by atoms with Gasteiger partial charge in [-0.3, -0.25) is 0 Å².